The van der Waals surface area contributed by atoms with Crippen LogP contribution in [0.4, 0.5) is 0 Å². The molecule has 0 heterocycles. The highest BCUT2D eigenvalue weighted by molar-refractivity contribution is 6.24. The molecule has 4 nitrogen and oxygen atoms in total. The Morgan fingerprint density at radius 1 is 1.89 bits per heavy atom. The Hall–Kier alpha value is -0.545. The Bertz CT molecular complexity index is 97.8. The van der Waals surface area contributed by atoms with Gasteiger partial charge >= 0.3 is 13.6 Å². The molecular weight excluding hydrogens is 121 g/mol. The van der Waals surface area contributed by atoms with Gasteiger partial charge in [-0.2, -0.15) is 0 Å². The van der Waals surface area contributed by atoms with Crippen molar-refractivity contribution < 1.29 is 14.6 Å². The van der Waals surface area contributed by atoms with Crippen molar-refractivity contribution in [3.8, 4) is 0 Å². The van der Waals surface area contributed by atoms with E-state index in [0.29, 0.717) is 0 Å². The van der Waals surface area contributed by atoms with E-state index in [1.54, 1.807) is 6.92 Å². The van der Waals surface area contributed by atoms with Crippen molar-refractivity contribution in [2.24, 2.45) is 0 Å². The molecule has 1 unspecified atom stereocenters. The molecule has 0 aliphatic heterocycles. The average Bonchev–Trinajstić information content (AvgIpc) is 1.82. The van der Waals surface area contributed by atoms with Crippen LogP contribution in [0.25, 0.3) is 0 Å². The van der Waals surface area contributed by atoms with Crippen molar-refractivity contribution in [1.29, 1.82) is 0 Å². The van der Waals surface area contributed by atoms with E-state index in [2.05, 4.69) is 9.88 Å². The number of carboxylic acids is 1. The summed E-state index contributed by atoms with van der Waals surface area (Å²) < 4.78 is 4.59. The van der Waals surface area contributed by atoms with Crippen molar-refractivity contribution >= 4 is 13.6 Å². The van der Waals surface area contributed by atoms with Crippen LogP contribution in [0.1, 0.15) is 6.92 Å². The molecule has 52 valence electrons. The molecule has 0 saturated heterocycles. The first-order chi connectivity index (χ1) is 4.18. The van der Waals surface area contributed by atoms with Crippen molar-refractivity contribution in [3.63, 3.8) is 0 Å². The molecule has 0 aliphatic carbocycles. The highest BCUT2D eigenvalue weighted by Crippen LogP contribution is 1.76. The molecule has 0 bridgehead atoms. The largest absolute Gasteiger partial charge is 0.480 e. The first kappa shape index (κ1) is 8.45. The third-order valence-corrected chi connectivity index (χ3v) is 0.904. The van der Waals surface area contributed by atoms with E-state index in [1.165, 1.54) is 7.11 Å². The molecule has 0 rings (SSSR count). The van der Waals surface area contributed by atoms with Crippen LogP contribution in [0, 0.1) is 0 Å². The lowest BCUT2D eigenvalue weighted by atomic mass is 10.2. The molecule has 0 spiro atoms. The normalized spacial score (nSPS) is 12.7. The third kappa shape index (κ3) is 3.99. The number of carboxylic acid groups (broad SMARTS) is 1. The Morgan fingerprint density at radius 3 is 2.78 bits per heavy atom. The quantitative estimate of drug-likeness (QED) is 0.478. The lowest BCUT2D eigenvalue weighted by molar-refractivity contribution is -0.138. The van der Waals surface area contributed by atoms with Gasteiger partial charge in [0.2, 0.25) is 0 Å². The smallest absolute Gasteiger partial charge is 0.361 e. The lowest BCUT2D eigenvalue weighted by Gasteiger charge is -2.04. The fraction of sp³-hybridized carbons (Fsp3) is 0.750. The summed E-state index contributed by atoms with van der Waals surface area (Å²) in [6.07, 6.45) is 0. The maximum Gasteiger partial charge on any atom is 0.361 e. The summed E-state index contributed by atoms with van der Waals surface area (Å²) in [5.74, 6) is -0.868. The minimum Gasteiger partial charge on any atom is -0.480 e. The summed E-state index contributed by atoms with van der Waals surface area (Å²) in [6.45, 7) is 1.56. The number of rotatable bonds is 4. The van der Waals surface area contributed by atoms with Crippen LogP contribution in [-0.4, -0.2) is 31.8 Å². The second-order valence-corrected chi connectivity index (χ2v) is 1.70. The van der Waals surface area contributed by atoms with Gasteiger partial charge in [0.1, 0.15) is 0 Å². The van der Waals surface area contributed by atoms with Gasteiger partial charge in [-0.15, -0.1) is 0 Å². The van der Waals surface area contributed by atoms with Gasteiger partial charge in [-0.3, -0.25) is 4.79 Å². The molecule has 0 radical (unpaired) electrons. The fourth-order valence-electron chi connectivity index (χ4n) is 0.296. The Kier molecular flexibility index (Phi) is 4.08. The first-order valence-corrected chi connectivity index (χ1v) is 2.63. The van der Waals surface area contributed by atoms with Crippen LogP contribution in [0.2, 0.25) is 0 Å². The van der Waals surface area contributed by atoms with Crippen LogP contribution in [0.5, 0.6) is 0 Å². The van der Waals surface area contributed by atoms with Crippen LogP contribution in [0.3, 0.4) is 0 Å². The fourth-order valence-corrected chi connectivity index (χ4v) is 0.296. The van der Waals surface area contributed by atoms with E-state index in [-0.39, 0.29) is 7.62 Å². The third-order valence-electron chi connectivity index (χ3n) is 0.904. The average molecular weight is 131 g/mol. The zero-order valence-corrected chi connectivity index (χ0v) is 5.55. The summed E-state index contributed by atoms with van der Waals surface area (Å²) in [5.41, 5.74) is 0. The molecular formula is C4H10BNO3. The second-order valence-electron chi connectivity index (χ2n) is 1.70. The van der Waals surface area contributed by atoms with E-state index in [9.17, 15) is 4.79 Å². The number of nitrogens with one attached hydrogen (secondary N) is 1. The Labute approximate surface area is 54.5 Å². The maximum absolute atomic E-state index is 10.1. The molecule has 2 N–H and O–H groups in total. The van der Waals surface area contributed by atoms with Gasteiger partial charge in [0.05, 0.1) is 6.04 Å². The summed E-state index contributed by atoms with van der Waals surface area (Å²) >= 11 is 0. The molecule has 0 aromatic heterocycles. The van der Waals surface area contributed by atoms with Crippen molar-refractivity contribution in [3.05, 3.63) is 0 Å². The molecule has 5 heteroatoms. The van der Waals surface area contributed by atoms with Gasteiger partial charge in [0.25, 0.3) is 0 Å². The molecule has 1 atom stereocenters. The highest BCUT2D eigenvalue weighted by atomic mass is 16.4. The monoisotopic (exact) mass is 131 g/mol. The van der Waals surface area contributed by atoms with E-state index in [0.717, 1.165) is 0 Å². The predicted molar refractivity (Wildman–Crippen MR) is 34.4 cm³/mol. The van der Waals surface area contributed by atoms with E-state index in [1.807, 2.05) is 0 Å². The van der Waals surface area contributed by atoms with Crippen LogP contribution in [0.15, 0.2) is 0 Å². The van der Waals surface area contributed by atoms with Gasteiger partial charge in [-0.25, -0.2) is 0 Å². The summed E-state index contributed by atoms with van der Waals surface area (Å²) in [6, 6.07) is -0.537. The predicted octanol–water partition coefficient (Wildman–Crippen LogP) is -1.04. The van der Waals surface area contributed by atoms with Gasteiger partial charge in [0.15, 0.2) is 0 Å². The number of hydrogen-bond acceptors (Lipinski definition) is 3. The minimum absolute atomic E-state index is 0.271. The minimum atomic E-state index is -0.868. The molecule has 0 fully saturated rings. The van der Waals surface area contributed by atoms with E-state index >= 15 is 0 Å². The number of hydrogen-bond donors (Lipinski definition) is 2. The van der Waals surface area contributed by atoms with Crippen molar-refractivity contribution in [1.82, 2.24) is 5.23 Å². The second kappa shape index (κ2) is 4.35. The SMILES string of the molecule is COBNC(C)C(=O)O. The number of carbonyl (C=O) groups is 1. The van der Waals surface area contributed by atoms with E-state index in [4.69, 9.17) is 5.11 Å². The Balaban J connectivity index is 3.27. The van der Waals surface area contributed by atoms with E-state index < -0.39 is 12.0 Å². The molecule has 0 amide bonds. The zero-order valence-electron chi connectivity index (χ0n) is 5.55. The summed E-state index contributed by atoms with van der Waals surface area (Å²) in [5, 5.41) is 10.9. The molecule has 0 aromatic carbocycles. The summed E-state index contributed by atoms with van der Waals surface area (Å²) in [7, 11) is 1.77. The van der Waals surface area contributed by atoms with Gasteiger partial charge in [-0.1, -0.05) is 0 Å². The standard InChI is InChI=1S/C4H10BNO3/c1-3(4(7)8)6-5-9-2/h3,5-6H,1-2H3,(H,7,8). The van der Waals surface area contributed by atoms with Gasteiger partial charge in [0, 0.05) is 7.11 Å². The molecule has 0 saturated carbocycles. The van der Waals surface area contributed by atoms with Gasteiger partial charge < -0.3 is 15.0 Å². The molecule has 9 heavy (non-hydrogen) atoms. The van der Waals surface area contributed by atoms with Crippen LogP contribution >= 0.6 is 0 Å². The Morgan fingerprint density at radius 2 is 2.44 bits per heavy atom. The lowest BCUT2D eigenvalue weighted by Crippen LogP contribution is -2.37. The van der Waals surface area contributed by atoms with Crippen LogP contribution < -0.4 is 5.23 Å². The number of aliphatic carboxylic acids is 1. The van der Waals surface area contributed by atoms with Crippen molar-refractivity contribution in [2.45, 2.75) is 13.0 Å². The van der Waals surface area contributed by atoms with Crippen molar-refractivity contribution in [2.75, 3.05) is 7.11 Å². The zero-order chi connectivity index (χ0) is 7.28. The molecule has 0 aliphatic rings. The first-order valence-electron chi connectivity index (χ1n) is 2.63. The maximum atomic E-state index is 10.1. The summed E-state index contributed by atoms with van der Waals surface area (Å²) in [4.78, 5) is 10.1. The highest BCUT2D eigenvalue weighted by Gasteiger charge is 2.08. The van der Waals surface area contributed by atoms with Gasteiger partial charge in [-0.05, 0) is 6.92 Å². The van der Waals surface area contributed by atoms with Crippen LogP contribution in [-0.2, 0) is 9.45 Å². The topological polar surface area (TPSA) is 58.6 Å². The molecule has 0 aromatic rings.